The minimum absolute atomic E-state index is 0.0415. The quantitative estimate of drug-likeness (QED) is 0.791. The molecule has 1 heterocycles. The Morgan fingerprint density at radius 2 is 1.85 bits per heavy atom. The lowest BCUT2D eigenvalue weighted by Gasteiger charge is -2.24. The fourth-order valence-electron chi connectivity index (χ4n) is 3.08. The predicted octanol–water partition coefficient (Wildman–Crippen LogP) is 3.12. The van der Waals surface area contributed by atoms with Crippen molar-refractivity contribution in [3.05, 3.63) is 29.3 Å². The van der Waals surface area contributed by atoms with Crippen molar-refractivity contribution in [3.63, 3.8) is 0 Å². The molecule has 0 bridgehead atoms. The number of alkyl halides is 3. The normalized spacial score (nSPS) is 23.4. The standard InChI is InChI=1S/C17H20F3NO4S/c1-10-4-5-11(8-13(10)17(18,19)20)25-14-15(22)21(9-16(14,2)3)26(23,24)12-6-7-12/h4-5,8,12,14H,6-7,9H2,1-3H3. The average molecular weight is 391 g/mol. The highest BCUT2D eigenvalue weighted by atomic mass is 32.2. The van der Waals surface area contributed by atoms with Crippen LogP contribution in [0.15, 0.2) is 18.2 Å². The van der Waals surface area contributed by atoms with Gasteiger partial charge in [-0.2, -0.15) is 13.2 Å². The second-order valence-corrected chi connectivity index (χ2v) is 9.69. The summed E-state index contributed by atoms with van der Waals surface area (Å²) in [6.45, 7) is 4.61. The maximum absolute atomic E-state index is 13.1. The van der Waals surface area contributed by atoms with Crippen LogP contribution in [0, 0.1) is 12.3 Å². The van der Waals surface area contributed by atoms with Gasteiger partial charge in [0, 0.05) is 12.0 Å². The number of hydrogen-bond donors (Lipinski definition) is 0. The van der Waals surface area contributed by atoms with Crippen molar-refractivity contribution in [2.24, 2.45) is 5.41 Å². The molecule has 1 saturated carbocycles. The Labute approximate surface area is 150 Å². The number of aryl methyl sites for hydroxylation is 1. The summed E-state index contributed by atoms with van der Waals surface area (Å²) in [5.74, 6) is -0.837. The van der Waals surface area contributed by atoms with E-state index in [9.17, 15) is 26.4 Å². The summed E-state index contributed by atoms with van der Waals surface area (Å²) in [5.41, 5.74) is -1.66. The predicted molar refractivity (Wildman–Crippen MR) is 88.0 cm³/mol. The van der Waals surface area contributed by atoms with Crippen molar-refractivity contribution < 1.29 is 31.1 Å². The molecule has 0 aromatic heterocycles. The van der Waals surface area contributed by atoms with Crippen LogP contribution in [0.3, 0.4) is 0 Å². The van der Waals surface area contributed by atoms with Crippen LogP contribution in [-0.2, 0) is 21.0 Å². The van der Waals surface area contributed by atoms with E-state index in [4.69, 9.17) is 4.74 Å². The van der Waals surface area contributed by atoms with E-state index in [1.807, 2.05) is 0 Å². The Kier molecular flexibility index (Phi) is 4.29. The molecule has 144 valence electrons. The summed E-state index contributed by atoms with van der Waals surface area (Å²) in [6.07, 6.45) is -4.67. The zero-order chi connectivity index (χ0) is 19.5. The van der Waals surface area contributed by atoms with Gasteiger partial charge in [-0.05, 0) is 37.5 Å². The van der Waals surface area contributed by atoms with Crippen molar-refractivity contribution in [1.82, 2.24) is 4.31 Å². The van der Waals surface area contributed by atoms with Gasteiger partial charge in [-0.3, -0.25) is 4.79 Å². The number of ether oxygens (including phenoxy) is 1. The molecule has 0 spiro atoms. The number of sulfonamides is 1. The molecule has 3 rings (SSSR count). The molecule has 1 unspecified atom stereocenters. The highest BCUT2D eigenvalue weighted by Crippen LogP contribution is 2.41. The van der Waals surface area contributed by atoms with Crippen molar-refractivity contribution in [1.29, 1.82) is 0 Å². The first-order chi connectivity index (χ1) is 11.8. The molecule has 2 fully saturated rings. The largest absolute Gasteiger partial charge is 0.480 e. The first kappa shape index (κ1) is 19.0. The summed E-state index contributed by atoms with van der Waals surface area (Å²) in [6, 6.07) is 3.46. The minimum atomic E-state index is -4.54. The van der Waals surface area contributed by atoms with Gasteiger partial charge in [-0.15, -0.1) is 0 Å². The van der Waals surface area contributed by atoms with E-state index in [1.165, 1.54) is 19.1 Å². The van der Waals surface area contributed by atoms with E-state index >= 15 is 0 Å². The van der Waals surface area contributed by atoms with Gasteiger partial charge in [0.1, 0.15) is 5.75 Å². The molecule has 0 N–H and O–H groups in total. The van der Waals surface area contributed by atoms with Gasteiger partial charge in [0.25, 0.3) is 5.91 Å². The number of amides is 1. The van der Waals surface area contributed by atoms with Crippen molar-refractivity contribution in [3.8, 4) is 5.75 Å². The van der Waals surface area contributed by atoms with Crippen LogP contribution in [0.4, 0.5) is 13.2 Å². The molecule has 1 aromatic carbocycles. The first-order valence-electron chi connectivity index (χ1n) is 8.24. The molecular weight excluding hydrogens is 371 g/mol. The third-order valence-electron chi connectivity index (χ3n) is 4.75. The van der Waals surface area contributed by atoms with Gasteiger partial charge in [0.05, 0.1) is 10.8 Å². The highest BCUT2D eigenvalue weighted by Gasteiger charge is 2.55. The van der Waals surface area contributed by atoms with E-state index in [0.29, 0.717) is 12.8 Å². The smallest absolute Gasteiger partial charge is 0.416 e. The summed E-state index contributed by atoms with van der Waals surface area (Å²) in [4.78, 5) is 12.7. The molecule has 9 heteroatoms. The molecule has 1 saturated heterocycles. The average Bonchev–Trinajstić information content (AvgIpc) is 3.32. The number of nitrogens with zero attached hydrogens (tertiary/aromatic N) is 1. The number of benzene rings is 1. The van der Waals surface area contributed by atoms with Crippen LogP contribution in [0.1, 0.15) is 37.8 Å². The van der Waals surface area contributed by atoms with Gasteiger partial charge >= 0.3 is 6.18 Å². The lowest BCUT2D eigenvalue weighted by molar-refractivity contribution is -0.138. The number of halogens is 3. The van der Waals surface area contributed by atoms with Crippen molar-refractivity contribution in [2.45, 2.75) is 51.1 Å². The molecular formula is C17H20F3NO4S. The molecule has 1 aliphatic heterocycles. The number of carbonyl (C=O) groups is 1. The second-order valence-electron chi connectivity index (χ2n) is 7.55. The number of carbonyl (C=O) groups excluding carboxylic acids is 1. The number of rotatable bonds is 4. The SMILES string of the molecule is Cc1ccc(OC2C(=O)N(S(=O)(=O)C3CC3)CC2(C)C)cc1C(F)(F)F. The molecule has 1 aliphatic carbocycles. The number of hydrogen-bond acceptors (Lipinski definition) is 4. The topological polar surface area (TPSA) is 63.7 Å². The van der Waals surface area contributed by atoms with E-state index < -0.39 is 44.4 Å². The van der Waals surface area contributed by atoms with Gasteiger partial charge in [0.2, 0.25) is 10.0 Å². The Morgan fingerprint density at radius 1 is 1.23 bits per heavy atom. The van der Waals surface area contributed by atoms with Crippen molar-refractivity contribution in [2.75, 3.05) is 6.54 Å². The zero-order valence-electron chi connectivity index (χ0n) is 14.6. The van der Waals surface area contributed by atoms with E-state index in [2.05, 4.69) is 0 Å². The van der Waals surface area contributed by atoms with E-state index in [-0.39, 0.29) is 17.9 Å². The van der Waals surface area contributed by atoms with Crippen LogP contribution in [-0.4, -0.2) is 36.5 Å². The summed E-state index contributed by atoms with van der Waals surface area (Å²) in [7, 11) is -3.73. The Morgan fingerprint density at radius 3 is 2.38 bits per heavy atom. The monoisotopic (exact) mass is 391 g/mol. The van der Waals surface area contributed by atoms with Crippen molar-refractivity contribution >= 4 is 15.9 Å². The Hall–Kier alpha value is -1.77. The van der Waals surface area contributed by atoms with E-state index in [0.717, 1.165) is 10.4 Å². The Bertz CT molecular complexity index is 844. The van der Waals surface area contributed by atoms with Crippen LogP contribution in [0.25, 0.3) is 0 Å². The molecule has 5 nitrogen and oxygen atoms in total. The van der Waals surface area contributed by atoms with Gasteiger partial charge in [-0.1, -0.05) is 19.9 Å². The summed E-state index contributed by atoms with van der Waals surface area (Å²) >= 11 is 0. The molecule has 1 atom stereocenters. The molecule has 0 radical (unpaired) electrons. The van der Waals surface area contributed by atoms with Gasteiger partial charge < -0.3 is 4.74 Å². The van der Waals surface area contributed by atoms with E-state index in [1.54, 1.807) is 13.8 Å². The van der Waals surface area contributed by atoms with Crippen LogP contribution in [0.5, 0.6) is 5.75 Å². The third-order valence-corrected chi connectivity index (χ3v) is 6.99. The first-order valence-corrected chi connectivity index (χ1v) is 9.74. The lowest BCUT2D eigenvalue weighted by Crippen LogP contribution is -2.39. The maximum atomic E-state index is 13.1. The summed E-state index contributed by atoms with van der Waals surface area (Å²) in [5, 5.41) is -0.544. The fraction of sp³-hybridized carbons (Fsp3) is 0.588. The third kappa shape index (κ3) is 3.28. The highest BCUT2D eigenvalue weighted by molar-refractivity contribution is 7.90. The molecule has 26 heavy (non-hydrogen) atoms. The minimum Gasteiger partial charge on any atom is -0.480 e. The lowest BCUT2D eigenvalue weighted by atomic mass is 9.89. The van der Waals surface area contributed by atoms with Gasteiger partial charge in [0.15, 0.2) is 6.10 Å². The van der Waals surface area contributed by atoms with Crippen LogP contribution < -0.4 is 4.74 Å². The fourth-order valence-corrected chi connectivity index (χ4v) is 5.03. The second kappa shape index (κ2) is 5.87. The summed E-state index contributed by atoms with van der Waals surface area (Å²) < 4.78 is 70.5. The van der Waals surface area contributed by atoms with Crippen LogP contribution >= 0.6 is 0 Å². The Balaban J connectivity index is 1.89. The van der Waals surface area contributed by atoms with Gasteiger partial charge in [-0.25, -0.2) is 12.7 Å². The zero-order valence-corrected chi connectivity index (χ0v) is 15.4. The molecule has 2 aliphatic rings. The molecule has 1 amide bonds. The maximum Gasteiger partial charge on any atom is 0.416 e. The van der Waals surface area contributed by atoms with Crippen LogP contribution in [0.2, 0.25) is 0 Å². The molecule has 1 aromatic rings.